The number of nitrogens with one attached hydrogen (secondary N) is 1. The fourth-order valence-corrected chi connectivity index (χ4v) is 6.95. The van der Waals surface area contributed by atoms with Crippen molar-refractivity contribution in [2.24, 2.45) is 0 Å². The number of carbonyl (C=O) groups is 2. The Labute approximate surface area is 220 Å². The first-order chi connectivity index (χ1) is 17.7. The van der Waals surface area contributed by atoms with Gasteiger partial charge in [-0.2, -0.15) is 0 Å². The van der Waals surface area contributed by atoms with Crippen LogP contribution in [-0.4, -0.2) is 48.2 Å². The van der Waals surface area contributed by atoms with Crippen molar-refractivity contribution in [2.45, 2.75) is 31.1 Å². The third kappa shape index (κ3) is 5.28. The van der Waals surface area contributed by atoms with Gasteiger partial charge < -0.3 is 19.5 Å². The van der Waals surface area contributed by atoms with E-state index in [0.29, 0.717) is 16.3 Å². The van der Waals surface area contributed by atoms with Crippen LogP contribution >= 0.6 is 11.3 Å². The van der Waals surface area contributed by atoms with Crippen LogP contribution < -0.4 is 19.1 Å². The summed E-state index contributed by atoms with van der Waals surface area (Å²) in [6.45, 7) is 1.28. The summed E-state index contributed by atoms with van der Waals surface area (Å²) in [4.78, 5) is 26.9. The summed E-state index contributed by atoms with van der Waals surface area (Å²) < 4.78 is 44.3. The van der Waals surface area contributed by atoms with Crippen LogP contribution in [0.5, 0.6) is 11.5 Å². The van der Waals surface area contributed by atoms with E-state index in [4.69, 9.17) is 14.2 Å². The van der Waals surface area contributed by atoms with Crippen LogP contribution in [-0.2, 0) is 32.4 Å². The third-order valence-electron chi connectivity index (χ3n) is 6.11. The van der Waals surface area contributed by atoms with E-state index in [1.54, 1.807) is 24.3 Å². The van der Waals surface area contributed by atoms with E-state index >= 15 is 0 Å². The largest absolute Gasteiger partial charge is 0.497 e. The van der Waals surface area contributed by atoms with Crippen LogP contribution in [0.1, 0.15) is 32.8 Å². The van der Waals surface area contributed by atoms with Gasteiger partial charge in [0, 0.05) is 10.9 Å². The SMILES string of the molecule is COC(=O)c1c(NC(=O)CN(c2cc(OC)ccc2OC)S(=O)(=O)c2ccc(C)cc2)sc2c1CCC2. The highest BCUT2D eigenvalue weighted by atomic mass is 32.2. The lowest BCUT2D eigenvalue weighted by molar-refractivity contribution is -0.114. The number of rotatable bonds is 9. The van der Waals surface area contributed by atoms with Gasteiger partial charge in [-0.25, -0.2) is 13.2 Å². The first-order valence-corrected chi connectivity index (χ1v) is 13.8. The molecule has 4 rings (SSSR count). The number of anilines is 2. The van der Waals surface area contributed by atoms with Crippen LogP contribution in [0.3, 0.4) is 0 Å². The fraction of sp³-hybridized carbons (Fsp3) is 0.308. The van der Waals surface area contributed by atoms with Crippen LogP contribution in [0, 0.1) is 6.92 Å². The van der Waals surface area contributed by atoms with Crippen LogP contribution in [0.15, 0.2) is 47.4 Å². The van der Waals surface area contributed by atoms with Crippen LogP contribution in [0.2, 0.25) is 0 Å². The van der Waals surface area contributed by atoms with Gasteiger partial charge in [-0.3, -0.25) is 9.10 Å². The minimum Gasteiger partial charge on any atom is -0.497 e. The van der Waals surface area contributed by atoms with Crippen molar-refractivity contribution < 1.29 is 32.2 Å². The number of benzene rings is 2. The number of esters is 1. The molecule has 0 fully saturated rings. The molecule has 196 valence electrons. The molecule has 0 unspecified atom stereocenters. The molecule has 1 aliphatic rings. The van der Waals surface area contributed by atoms with E-state index in [1.807, 2.05) is 6.92 Å². The number of methoxy groups -OCH3 is 3. The van der Waals surface area contributed by atoms with Crippen LogP contribution in [0.25, 0.3) is 0 Å². The van der Waals surface area contributed by atoms with E-state index in [2.05, 4.69) is 5.32 Å². The van der Waals surface area contributed by atoms with Gasteiger partial charge in [-0.15, -0.1) is 11.3 Å². The van der Waals surface area contributed by atoms with Crippen molar-refractivity contribution in [1.82, 2.24) is 0 Å². The quantitative estimate of drug-likeness (QED) is 0.402. The molecule has 0 aliphatic heterocycles. The molecule has 37 heavy (non-hydrogen) atoms. The predicted molar refractivity (Wildman–Crippen MR) is 142 cm³/mol. The number of hydrogen-bond acceptors (Lipinski definition) is 8. The van der Waals surface area contributed by atoms with Crippen molar-refractivity contribution in [1.29, 1.82) is 0 Å². The molecule has 9 nitrogen and oxygen atoms in total. The maximum absolute atomic E-state index is 13.8. The van der Waals surface area contributed by atoms with Crippen molar-refractivity contribution in [2.75, 3.05) is 37.5 Å². The van der Waals surface area contributed by atoms with E-state index in [0.717, 1.165) is 39.6 Å². The van der Waals surface area contributed by atoms with Crippen molar-refractivity contribution in [3.8, 4) is 11.5 Å². The number of hydrogen-bond donors (Lipinski definition) is 1. The summed E-state index contributed by atoms with van der Waals surface area (Å²) in [6.07, 6.45) is 2.47. The van der Waals surface area contributed by atoms with Crippen molar-refractivity contribution >= 4 is 43.9 Å². The average molecular weight is 545 g/mol. The predicted octanol–water partition coefficient (Wildman–Crippen LogP) is 4.18. The van der Waals surface area contributed by atoms with E-state index in [-0.39, 0.29) is 16.3 Å². The Morgan fingerprint density at radius 2 is 1.76 bits per heavy atom. The number of aryl methyl sites for hydroxylation is 2. The third-order valence-corrected chi connectivity index (χ3v) is 9.10. The van der Waals surface area contributed by atoms with Crippen molar-refractivity contribution in [3.05, 3.63) is 64.0 Å². The van der Waals surface area contributed by atoms with Gasteiger partial charge in [-0.1, -0.05) is 17.7 Å². The molecule has 1 heterocycles. The zero-order chi connectivity index (χ0) is 26.7. The standard InChI is InChI=1S/C26H28N2O7S2/c1-16-8-11-18(12-9-16)37(31,32)28(20-14-17(33-2)10-13-21(20)34-3)15-23(29)27-25-24(26(30)35-4)19-6-5-7-22(19)36-25/h8-14H,5-7,15H2,1-4H3,(H,27,29). The normalized spacial score (nSPS) is 12.5. The minimum absolute atomic E-state index is 0.0149. The number of sulfonamides is 1. The van der Waals surface area contributed by atoms with Gasteiger partial charge in [0.05, 0.1) is 37.5 Å². The average Bonchev–Trinajstić information content (AvgIpc) is 3.47. The molecule has 1 aliphatic carbocycles. The second kappa shape index (κ2) is 10.8. The maximum Gasteiger partial charge on any atom is 0.341 e. The van der Waals surface area contributed by atoms with Gasteiger partial charge >= 0.3 is 5.97 Å². The second-order valence-electron chi connectivity index (χ2n) is 8.46. The first kappa shape index (κ1) is 26.5. The molecule has 1 aromatic heterocycles. The molecule has 2 aromatic carbocycles. The number of amides is 1. The number of carbonyl (C=O) groups excluding carboxylic acids is 2. The molecule has 0 spiro atoms. The highest BCUT2D eigenvalue weighted by Crippen LogP contribution is 2.40. The Balaban J connectivity index is 1.74. The number of thiophene rings is 1. The summed E-state index contributed by atoms with van der Waals surface area (Å²) >= 11 is 1.32. The topological polar surface area (TPSA) is 111 Å². The highest BCUT2D eigenvalue weighted by Gasteiger charge is 2.32. The minimum atomic E-state index is -4.19. The number of fused-ring (bicyclic) bond motifs is 1. The van der Waals surface area contributed by atoms with E-state index < -0.39 is 28.4 Å². The smallest absolute Gasteiger partial charge is 0.341 e. The molecule has 1 N–H and O–H groups in total. The monoisotopic (exact) mass is 544 g/mol. The van der Waals surface area contributed by atoms with E-state index in [9.17, 15) is 18.0 Å². The first-order valence-electron chi connectivity index (χ1n) is 11.5. The van der Waals surface area contributed by atoms with Gasteiger partial charge in [0.25, 0.3) is 10.0 Å². The Kier molecular flexibility index (Phi) is 7.74. The molecule has 0 saturated carbocycles. The lowest BCUT2D eigenvalue weighted by Crippen LogP contribution is -2.38. The van der Waals surface area contributed by atoms with E-state index in [1.165, 1.54) is 50.9 Å². The van der Waals surface area contributed by atoms with Gasteiger partial charge in [0.2, 0.25) is 5.91 Å². The molecule has 11 heteroatoms. The second-order valence-corrected chi connectivity index (χ2v) is 11.4. The summed E-state index contributed by atoms with van der Waals surface area (Å²) in [5.41, 5.74) is 2.24. The zero-order valence-corrected chi connectivity index (χ0v) is 22.6. The molecule has 1 amide bonds. The van der Waals surface area contributed by atoms with Gasteiger partial charge in [-0.05, 0) is 56.0 Å². The van der Waals surface area contributed by atoms with Crippen LogP contribution in [0.4, 0.5) is 10.7 Å². The van der Waals surface area contributed by atoms with Crippen molar-refractivity contribution in [3.63, 3.8) is 0 Å². The molecular formula is C26H28N2O7S2. The molecule has 0 atom stereocenters. The zero-order valence-electron chi connectivity index (χ0n) is 21.0. The highest BCUT2D eigenvalue weighted by molar-refractivity contribution is 7.92. The summed E-state index contributed by atoms with van der Waals surface area (Å²) in [5.74, 6) is -0.517. The Morgan fingerprint density at radius 1 is 1.03 bits per heavy atom. The Bertz CT molecular complexity index is 1430. The molecule has 3 aromatic rings. The number of nitrogens with zero attached hydrogens (tertiary/aromatic N) is 1. The molecule has 0 saturated heterocycles. The Hall–Kier alpha value is -3.57. The Morgan fingerprint density at radius 3 is 2.41 bits per heavy atom. The summed E-state index contributed by atoms with van der Waals surface area (Å²) in [6, 6.07) is 11.0. The molecular weight excluding hydrogens is 516 g/mol. The summed E-state index contributed by atoms with van der Waals surface area (Å²) in [5, 5.41) is 3.11. The molecule has 0 radical (unpaired) electrons. The van der Waals surface area contributed by atoms with Gasteiger partial charge in [0.15, 0.2) is 0 Å². The lowest BCUT2D eigenvalue weighted by atomic mass is 10.1. The summed E-state index contributed by atoms with van der Waals surface area (Å²) in [7, 11) is -0.0307. The maximum atomic E-state index is 13.8. The molecule has 0 bridgehead atoms. The fourth-order valence-electron chi connectivity index (χ4n) is 4.24. The lowest BCUT2D eigenvalue weighted by Gasteiger charge is -2.26. The number of ether oxygens (including phenoxy) is 3. The van der Waals surface area contributed by atoms with Gasteiger partial charge in [0.1, 0.15) is 23.0 Å².